The average Bonchev–Trinajstić information content (AvgIpc) is 3.09. The molecule has 0 aromatic heterocycles. The number of nitro benzene ring substituents is 1. The number of carboxylic acids is 1. The van der Waals surface area contributed by atoms with E-state index in [0.29, 0.717) is 18.4 Å². The second-order valence-electron chi connectivity index (χ2n) is 7.10. The van der Waals surface area contributed by atoms with Gasteiger partial charge in [-0.3, -0.25) is 14.9 Å². The maximum Gasteiger partial charge on any atom is 0.303 e. The number of hydrogen-bond acceptors (Lipinski definition) is 5. The molecule has 0 radical (unpaired) electrons. The molecule has 1 saturated carbocycles. The Labute approximate surface area is 170 Å². The zero-order valence-electron chi connectivity index (χ0n) is 16.1. The molecule has 158 valence electrons. The van der Waals surface area contributed by atoms with Gasteiger partial charge >= 0.3 is 5.97 Å². The van der Waals surface area contributed by atoms with E-state index in [1.807, 2.05) is 12.2 Å². The van der Waals surface area contributed by atoms with Gasteiger partial charge in [0.25, 0.3) is 5.69 Å². The molecule has 8 nitrogen and oxygen atoms in total. The quantitative estimate of drug-likeness (QED) is 0.241. The molecule has 9 heteroatoms. The van der Waals surface area contributed by atoms with Crippen LogP contribution in [0.1, 0.15) is 50.5 Å². The summed E-state index contributed by atoms with van der Waals surface area (Å²) in [6.07, 6.45) is 10.3. The highest BCUT2D eigenvalue weighted by atomic mass is 32.2. The minimum Gasteiger partial charge on any atom is -0.481 e. The van der Waals surface area contributed by atoms with Gasteiger partial charge in [-0.05, 0) is 61.8 Å². The number of nitrogens with one attached hydrogen (secondary N) is 1. The van der Waals surface area contributed by atoms with E-state index in [0.717, 1.165) is 31.1 Å². The summed E-state index contributed by atoms with van der Waals surface area (Å²) in [7, 11) is -3.63. The van der Waals surface area contributed by atoms with Crippen LogP contribution in [0.4, 0.5) is 5.69 Å². The number of sulfonamides is 1. The van der Waals surface area contributed by atoms with Gasteiger partial charge < -0.3 is 5.11 Å². The van der Waals surface area contributed by atoms with Crippen molar-refractivity contribution in [3.05, 3.63) is 57.5 Å². The van der Waals surface area contributed by atoms with E-state index in [1.54, 1.807) is 0 Å². The molecule has 0 heterocycles. The smallest absolute Gasteiger partial charge is 0.303 e. The molecule has 2 atom stereocenters. The maximum absolute atomic E-state index is 12.4. The lowest BCUT2D eigenvalue weighted by Gasteiger charge is -2.18. The fraction of sp³-hybridized carbons (Fsp3) is 0.450. The molecule has 1 aromatic rings. The molecule has 1 aliphatic carbocycles. The number of allylic oxidation sites excluding steroid dienone is 2. The summed E-state index contributed by atoms with van der Waals surface area (Å²) >= 11 is 0. The maximum atomic E-state index is 12.4. The molecule has 0 amide bonds. The number of carbonyl (C=O) groups is 1. The summed E-state index contributed by atoms with van der Waals surface area (Å²) in [5.74, 6) is -0.585. The van der Waals surface area contributed by atoms with Crippen LogP contribution in [0, 0.1) is 16.0 Å². The van der Waals surface area contributed by atoms with Crippen LogP contribution < -0.4 is 4.72 Å². The van der Waals surface area contributed by atoms with Gasteiger partial charge in [0.05, 0.1) is 4.92 Å². The Kier molecular flexibility index (Phi) is 8.53. The highest BCUT2D eigenvalue weighted by molar-refractivity contribution is 7.92. The molecular formula is C20H26N2O6S. The monoisotopic (exact) mass is 422 g/mol. The van der Waals surface area contributed by atoms with Crippen molar-refractivity contribution in [2.24, 2.45) is 5.92 Å². The lowest BCUT2D eigenvalue weighted by atomic mass is 10.00. The largest absolute Gasteiger partial charge is 0.481 e. The molecule has 0 spiro atoms. The zero-order valence-corrected chi connectivity index (χ0v) is 16.9. The first-order valence-electron chi connectivity index (χ1n) is 9.58. The number of benzene rings is 1. The van der Waals surface area contributed by atoms with Crippen molar-refractivity contribution in [1.82, 2.24) is 4.72 Å². The van der Waals surface area contributed by atoms with Gasteiger partial charge in [0.1, 0.15) is 0 Å². The van der Waals surface area contributed by atoms with E-state index in [2.05, 4.69) is 4.72 Å². The number of aliphatic carboxylic acids is 1. The van der Waals surface area contributed by atoms with Crippen LogP contribution in [0.15, 0.2) is 41.8 Å². The second-order valence-corrected chi connectivity index (χ2v) is 8.70. The lowest BCUT2D eigenvalue weighted by molar-refractivity contribution is -0.384. The number of rotatable bonds is 11. The zero-order chi connectivity index (χ0) is 21.3. The molecule has 1 aromatic carbocycles. The van der Waals surface area contributed by atoms with Crippen molar-refractivity contribution in [3.63, 3.8) is 0 Å². The Morgan fingerprint density at radius 2 is 1.97 bits per heavy atom. The summed E-state index contributed by atoms with van der Waals surface area (Å²) in [6, 6.07) is 5.52. The van der Waals surface area contributed by atoms with Gasteiger partial charge in [-0.2, -0.15) is 0 Å². The third-order valence-corrected chi connectivity index (χ3v) is 6.01. The third kappa shape index (κ3) is 8.16. The highest BCUT2D eigenvalue weighted by Gasteiger charge is 2.28. The number of nitrogens with zero attached hydrogens (tertiary/aromatic N) is 1. The van der Waals surface area contributed by atoms with E-state index in [4.69, 9.17) is 5.11 Å². The number of unbranched alkanes of at least 4 members (excludes halogenated alkanes) is 1. The van der Waals surface area contributed by atoms with Crippen molar-refractivity contribution in [2.45, 2.75) is 51.0 Å². The predicted octanol–water partition coefficient (Wildman–Crippen LogP) is 3.85. The minimum atomic E-state index is -3.63. The number of nitro groups is 1. The van der Waals surface area contributed by atoms with Crippen molar-refractivity contribution in [3.8, 4) is 0 Å². The van der Waals surface area contributed by atoms with Crippen LogP contribution in [0.3, 0.4) is 0 Å². The first-order valence-corrected chi connectivity index (χ1v) is 11.1. The highest BCUT2D eigenvalue weighted by Crippen LogP contribution is 2.29. The Hall–Kier alpha value is -2.52. The molecule has 1 fully saturated rings. The van der Waals surface area contributed by atoms with Gasteiger partial charge in [-0.1, -0.05) is 18.6 Å². The van der Waals surface area contributed by atoms with Crippen LogP contribution in [0.5, 0.6) is 0 Å². The minimum absolute atomic E-state index is 0.0482. The summed E-state index contributed by atoms with van der Waals surface area (Å²) in [5.41, 5.74) is 0.515. The Morgan fingerprint density at radius 3 is 2.62 bits per heavy atom. The summed E-state index contributed by atoms with van der Waals surface area (Å²) in [5, 5.41) is 20.4. The first-order chi connectivity index (χ1) is 13.8. The molecule has 0 saturated heterocycles. The number of non-ortho nitro benzene ring substituents is 1. The van der Waals surface area contributed by atoms with E-state index in [9.17, 15) is 23.3 Å². The Bertz CT molecular complexity index is 861. The van der Waals surface area contributed by atoms with E-state index in [-0.39, 0.29) is 24.1 Å². The molecule has 2 rings (SSSR count). The van der Waals surface area contributed by atoms with E-state index in [1.165, 1.54) is 30.3 Å². The van der Waals surface area contributed by atoms with Gasteiger partial charge in [-0.25, -0.2) is 13.1 Å². The van der Waals surface area contributed by atoms with Crippen LogP contribution >= 0.6 is 0 Å². The number of hydrogen-bond donors (Lipinski definition) is 2. The van der Waals surface area contributed by atoms with E-state index < -0.39 is 20.9 Å². The summed E-state index contributed by atoms with van der Waals surface area (Å²) < 4.78 is 27.5. The van der Waals surface area contributed by atoms with E-state index >= 15 is 0 Å². The predicted molar refractivity (Wildman–Crippen MR) is 111 cm³/mol. The molecule has 0 aliphatic heterocycles. The molecule has 29 heavy (non-hydrogen) atoms. The SMILES string of the molecule is O=C(O)CCC/C=C/CC1CCCC1NS(=O)(=O)/C=C/c1ccc([N+](=O)[O-])cc1. The molecule has 0 bridgehead atoms. The standard InChI is InChI=1S/C20H26N2O6S/c23-20(24)9-4-2-1-3-6-17-7-5-8-19(17)21-29(27,28)15-14-16-10-12-18(13-11-16)22(25)26/h1,3,10-15,17,19,21H,2,4-9H2,(H,23,24)/b3-1+,15-14+. The van der Waals surface area contributed by atoms with Crippen molar-refractivity contribution >= 4 is 27.8 Å². The fourth-order valence-electron chi connectivity index (χ4n) is 3.36. The van der Waals surface area contributed by atoms with Crippen LogP contribution in [-0.2, 0) is 14.8 Å². The van der Waals surface area contributed by atoms with Crippen LogP contribution in [0.25, 0.3) is 6.08 Å². The topological polar surface area (TPSA) is 127 Å². The van der Waals surface area contributed by atoms with Crippen LogP contribution in [0.2, 0.25) is 0 Å². The lowest BCUT2D eigenvalue weighted by Crippen LogP contribution is -2.36. The van der Waals surface area contributed by atoms with Crippen molar-refractivity contribution < 1.29 is 23.2 Å². The van der Waals surface area contributed by atoms with Gasteiger partial charge in [0.2, 0.25) is 10.0 Å². The Morgan fingerprint density at radius 1 is 1.24 bits per heavy atom. The van der Waals surface area contributed by atoms with Crippen molar-refractivity contribution in [1.29, 1.82) is 0 Å². The first kappa shape index (κ1) is 22.8. The van der Waals surface area contributed by atoms with Crippen molar-refractivity contribution in [2.75, 3.05) is 0 Å². The third-order valence-electron chi connectivity index (χ3n) is 4.89. The molecular weight excluding hydrogens is 396 g/mol. The normalized spacial score (nSPS) is 19.9. The summed E-state index contributed by atoms with van der Waals surface area (Å²) in [4.78, 5) is 20.6. The number of carboxylic acid groups (broad SMARTS) is 1. The van der Waals surface area contributed by atoms with Gasteiger partial charge in [0.15, 0.2) is 0 Å². The van der Waals surface area contributed by atoms with Gasteiger partial charge in [0, 0.05) is 30.0 Å². The average molecular weight is 423 g/mol. The summed E-state index contributed by atoms with van der Waals surface area (Å²) in [6.45, 7) is 0. The Balaban J connectivity index is 1.86. The fourth-order valence-corrected chi connectivity index (χ4v) is 4.51. The van der Waals surface area contributed by atoms with Gasteiger partial charge in [-0.15, -0.1) is 0 Å². The van der Waals surface area contributed by atoms with Crippen LogP contribution in [-0.4, -0.2) is 30.5 Å². The molecule has 2 unspecified atom stereocenters. The second kappa shape index (κ2) is 10.9. The molecule has 1 aliphatic rings. The molecule has 2 N–H and O–H groups in total.